The van der Waals surface area contributed by atoms with E-state index in [1.54, 1.807) is 7.11 Å². The van der Waals surface area contributed by atoms with E-state index in [2.05, 4.69) is 49.2 Å². The largest absolute Gasteiger partial charge is 0.497 e. The van der Waals surface area contributed by atoms with E-state index >= 15 is 0 Å². The highest BCUT2D eigenvalue weighted by Crippen LogP contribution is 2.32. The number of nitrogen functional groups attached to an aromatic ring is 1. The second-order valence-electron chi connectivity index (χ2n) is 6.95. The number of methoxy groups -OCH3 is 1. The van der Waals surface area contributed by atoms with Crippen LogP contribution in [0.2, 0.25) is 0 Å². The molecule has 0 aliphatic rings. The Bertz CT molecular complexity index is 968. The molecule has 0 aliphatic carbocycles. The SMILES string of the molecule is COc1ccc(-c2cc(-c3ccc(CC(C)C)cc3)nc(N)c2C#N)cc1. The van der Waals surface area contributed by atoms with E-state index in [1.165, 1.54) is 5.56 Å². The summed E-state index contributed by atoms with van der Waals surface area (Å²) in [4.78, 5) is 4.46. The number of nitriles is 1. The quantitative estimate of drug-likeness (QED) is 0.691. The van der Waals surface area contributed by atoms with Crippen LogP contribution in [-0.2, 0) is 6.42 Å². The fraction of sp³-hybridized carbons (Fsp3) is 0.217. The molecule has 0 fully saturated rings. The lowest BCUT2D eigenvalue weighted by Crippen LogP contribution is -2.00. The highest BCUT2D eigenvalue weighted by Gasteiger charge is 2.13. The number of benzene rings is 2. The van der Waals surface area contributed by atoms with Crippen molar-refractivity contribution in [2.45, 2.75) is 20.3 Å². The van der Waals surface area contributed by atoms with Crippen molar-refractivity contribution in [2.75, 3.05) is 12.8 Å². The molecule has 0 saturated carbocycles. The van der Waals surface area contributed by atoms with Crippen molar-refractivity contribution >= 4 is 5.82 Å². The van der Waals surface area contributed by atoms with Gasteiger partial charge >= 0.3 is 0 Å². The van der Waals surface area contributed by atoms with Crippen LogP contribution < -0.4 is 10.5 Å². The molecule has 0 atom stereocenters. The van der Waals surface area contributed by atoms with Crippen LogP contribution in [0.15, 0.2) is 54.6 Å². The van der Waals surface area contributed by atoms with Gasteiger partial charge in [0, 0.05) is 11.1 Å². The molecule has 0 radical (unpaired) electrons. The van der Waals surface area contributed by atoms with Crippen molar-refractivity contribution in [1.82, 2.24) is 4.98 Å². The van der Waals surface area contributed by atoms with Gasteiger partial charge in [-0.05, 0) is 41.7 Å². The number of anilines is 1. The summed E-state index contributed by atoms with van der Waals surface area (Å²) in [5, 5.41) is 9.55. The highest BCUT2D eigenvalue weighted by molar-refractivity contribution is 5.80. The molecule has 136 valence electrons. The Balaban J connectivity index is 2.05. The molecular weight excluding hydrogens is 334 g/mol. The minimum Gasteiger partial charge on any atom is -0.497 e. The maximum atomic E-state index is 9.55. The lowest BCUT2D eigenvalue weighted by Gasteiger charge is -2.11. The molecule has 3 rings (SSSR count). The molecule has 0 bridgehead atoms. The van der Waals surface area contributed by atoms with Gasteiger partial charge in [-0.1, -0.05) is 50.2 Å². The van der Waals surface area contributed by atoms with Gasteiger partial charge in [0.05, 0.1) is 12.8 Å². The molecule has 2 aromatic carbocycles. The van der Waals surface area contributed by atoms with E-state index in [0.29, 0.717) is 11.5 Å². The summed E-state index contributed by atoms with van der Waals surface area (Å²) >= 11 is 0. The van der Waals surface area contributed by atoms with Gasteiger partial charge < -0.3 is 10.5 Å². The van der Waals surface area contributed by atoms with Crippen LogP contribution in [0, 0.1) is 17.2 Å². The predicted molar refractivity (Wildman–Crippen MR) is 109 cm³/mol. The van der Waals surface area contributed by atoms with E-state index in [1.807, 2.05) is 30.3 Å². The van der Waals surface area contributed by atoms with E-state index in [-0.39, 0.29) is 5.82 Å². The molecule has 2 N–H and O–H groups in total. The summed E-state index contributed by atoms with van der Waals surface area (Å²) in [7, 11) is 1.63. The van der Waals surface area contributed by atoms with Crippen molar-refractivity contribution in [1.29, 1.82) is 5.26 Å². The molecular formula is C23H23N3O. The Labute approximate surface area is 160 Å². The summed E-state index contributed by atoms with van der Waals surface area (Å²) in [6.45, 7) is 4.41. The number of hydrogen-bond acceptors (Lipinski definition) is 4. The van der Waals surface area contributed by atoms with Gasteiger partial charge in [-0.3, -0.25) is 0 Å². The molecule has 0 aliphatic heterocycles. The predicted octanol–water partition coefficient (Wildman–Crippen LogP) is 5.08. The molecule has 0 saturated heterocycles. The number of rotatable bonds is 5. The topological polar surface area (TPSA) is 71.9 Å². The molecule has 0 amide bonds. The monoisotopic (exact) mass is 357 g/mol. The highest BCUT2D eigenvalue weighted by atomic mass is 16.5. The maximum absolute atomic E-state index is 9.55. The summed E-state index contributed by atoms with van der Waals surface area (Å²) in [5.74, 6) is 1.62. The van der Waals surface area contributed by atoms with Crippen molar-refractivity contribution in [3.8, 4) is 34.2 Å². The molecule has 27 heavy (non-hydrogen) atoms. The molecule has 1 heterocycles. The number of pyridine rings is 1. The molecule has 3 aromatic rings. The van der Waals surface area contributed by atoms with Gasteiger partial charge in [0.1, 0.15) is 23.2 Å². The minimum atomic E-state index is 0.243. The average molecular weight is 357 g/mol. The summed E-state index contributed by atoms with van der Waals surface area (Å²) in [6, 6.07) is 20.0. The Hall–Kier alpha value is -3.32. The third-order valence-electron chi connectivity index (χ3n) is 4.45. The van der Waals surface area contributed by atoms with Crippen LogP contribution in [0.5, 0.6) is 5.75 Å². The number of hydrogen-bond donors (Lipinski definition) is 1. The smallest absolute Gasteiger partial charge is 0.142 e. The van der Waals surface area contributed by atoms with E-state index in [0.717, 1.165) is 34.6 Å². The van der Waals surface area contributed by atoms with Crippen molar-refractivity contribution in [2.24, 2.45) is 5.92 Å². The lowest BCUT2D eigenvalue weighted by molar-refractivity contribution is 0.415. The first-order chi connectivity index (χ1) is 13.0. The second kappa shape index (κ2) is 7.92. The average Bonchev–Trinajstić information content (AvgIpc) is 2.67. The van der Waals surface area contributed by atoms with Gasteiger partial charge in [-0.25, -0.2) is 4.98 Å². The molecule has 4 nitrogen and oxygen atoms in total. The zero-order chi connectivity index (χ0) is 19.4. The maximum Gasteiger partial charge on any atom is 0.142 e. The summed E-state index contributed by atoms with van der Waals surface area (Å²) in [5.41, 5.74) is 11.2. The van der Waals surface area contributed by atoms with Crippen LogP contribution in [0.4, 0.5) is 5.82 Å². The summed E-state index contributed by atoms with van der Waals surface area (Å²) in [6.07, 6.45) is 1.04. The molecule has 0 unspecified atom stereocenters. The number of nitrogens with two attached hydrogens (primary N) is 1. The molecule has 0 spiro atoms. The van der Waals surface area contributed by atoms with E-state index in [9.17, 15) is 5.26 Å². The number of nitrogens with zero attached hydrogens (tertiary/aromatic N) is 2. The third kappa shape index (κ3) is 4.09. The van der Waals surface area contributed by atoms with Crippen molar-refractivity contribution < 1.29 is 4.74 Å². The van der Waals surface area contributed by atoms with Gasteiger partial charge in [0.25, 0.3) is 0 Å². The Kier molecular flexibility index (Phi) is 5.42. The van der Waals surface area contributed by atoms with Crippen LogP contribution in [0.3, 0.4) is 0 Å². The van der Waals surface area contributed by atoms with Crippen LogP contribution in [0.1, 0.15) is 25.0 Å². The van der Waals surface area contributed by atoms with Gasteiger partial charge in [0.15, 0.2) is 0 Å². The lowest BCUT2D eigenvalue weighted by atomic mass is 9.97. The zero-order valence-corrected chi connectivity index (χ0v) is 15.9. The van der Waals surface area contributed by atoms with Gasteiger partial charge in [-0.15, -0.1) is 0 Å². The number of aromatic nitrogens is 1. The first-order valence-corrected chi connectivity index (χ1v) is 8.96. The Morgan fingerprint density at radius 1 is 1.04 bits per heavy atom. The Morgan fingerprint density at radius 3 is 2.22 bits per heavy atom. The van der Waals surface area contributed by atoms with Crippen molar-refractivity contribution in [3.63, 3.8) is 0 Å². The van der Waals surface area contributed by atoms with Crippen molar-refractivity contribution in [3.05, 3.63) is 65.7 Å². The fourth-order valence-corrected chi connectivity index (χ4v) is 3.11. The second-order valence-corrected chi connectivity index (χ2v) is 6.95. The first-order valence-electron chi connectivity index (χ1n) is 8.96. The minimum absolute atomic E-state index is 0.243. The van der Waals surface area contributed by atoms with Crippen LogP contribution in [0.25, 0.3) is 22.4 Å². The first kappa shape index (κ1) is 18.5. The fourth-order valence-electron chi connectivity index (χ4n) is 3.11. The summed E-state index contributed by atoms with van der Waals surface area (Å²) < 4.78 is 5.21. The standard InChI is InChI=1S/C23H23N3O/c1-15(2)12-16-4-6-18(7-5-16)22-13-20(21(14-24)23(25)26-22)17-8-10-19(27-3)11-9-17/h4-11,13,15H,12H2,1-3H3,(H2,25,26). The molecule has 4 heteroatoms. The van der Waals surface area contributed by atoms with Crippen LogP contribution >= 0.6 is 0 Å². The van der Waals surface area contributed by atoms with E-state index in [4.69, 9.17) is 10.5 Å². The number of ether oxygens (including phenoxy) is 1. The van der Waals surface area contributed by atoms with Gasteiger partial charge in [-0.2, -0.15) is 5.26 Å². The molecule has 1 aromatic heterocycles. The third-order valence-corrected chi connectivity index (χ3v) is 4.45. The van der Waals surface area contributed by atoms with Gasteiger partial charge in [0.2, 0.25) is 0 Å². The van der Waals surface area contributed by atoms with E-state index < -0.39 is 0 Å². The zero-order valence-electron chi connectivity index (χ0n) is 15.9. The Morgan fingerprint density at radius 2 is 1.67 bits per heavy atom. The normalized spacial score (nSPS) is 10.6. The van der Waals surface area contributed by atoms with Crippen LogP contribution in [-0.4, -0.2) is 12.1 Å².